The highest BCUT2D eigenvalue weighted by atomic mass is 16.3. The molecule has 0 bridgehead atoms. The van der Waals surface area contributed by atoms with Crippen molar-refractivity contribution in [1.29, 1.82) is 0 Å². The zero-order valence-electron chi connectivity index (χ0n) is 8.76. The van der Waals surface area contributed by atoms with E-state index in [2.05, 4.69) is 9.88 Å². The average molecular weight is 207 g/mol. The number of hydrogen-bond donors (Lipinski definition) is 2. The molecule has 82 valence electrons. The summed E-state index contributed by atoms with van der Waals surface area (Å²) < 4.78 is 0. The lowest BCUT2D eigenvalue weighted by Crippen LogP contribution is -2.41. The molecule has 2 heterocycles. The molecule has 3 N–H and O–H groups in total. The van der Waals surface area contributed by atoms with E-state index in [4.69, 9.17) is 5.73 Å². The molecule has 2 rings (SSSR count). The molecule has 0 aliphatic carbocycles. The SMILES string of the molecule is Nc1cncc(N2CCCCC2CO)c1. The summed E-state index contributed by atoms with van der Waals surface area (Å²) in [6.45, 7) is 1.19. The maximum absolute atomic E-state index is 9.30. The molecule has 1 aliphatic heterocycles. The molecule has 1 unspecified atom stereocenters. The van der Waals surface area contributed by atoms with Crippen LogP contribution in [0, 0.1) is 0 Å². The van der Waals surface area contributed by atoms with E-state index in [9.17, 15) is 5.11 Å². The van der Waals surface area contributed by atoms with Crippen molar-refractivity contribution in [3.63, 3.8) is 0 Å². The number of pyridine rings is 1. The van der Waals surface area contributed by atoms with E-state index in [1.54, 1.807) is 6.20 Å². The highest BCUT2D eigenvalue weighted by Gasteiger charge is 2.21. The lowest BCUT2D eigenvalue weighted by molar-refractivity contribution is 0.240. The Morgan fingerprint density at radius 1 is 1.47 bits per heavy atom. The Hall–Kier alpha value is -1.29. The van der Waals surface area contributed by atoms with E-state index in [0.717, 1.165) is 18.7 Å². The number of hydrogen-bond acceptors (Lipinski definition) is 4. The first-order valence-electron chi connectivity index (χ1n) is 5.39. The van der Waals surface area contributed by atoms with Crippen LogP contribution < -0.4 is 10.6 Å². The Balaban J connectivity index is 2.20. The third-order valence-electron chi connectivity index (χ3n) is 2.91. The van der Waals surface area contributed by atoms with Gasteiger partial charge in [0.05, 0.1) is 30.2 Å². The van der Waals surface area contributed by atoms with Crippen molar-refractivity contribution in [3.05, 3.63) is 18.5 Å². The summed E-state index contributed by atoms with van der Waals surface area (Å²) in [5, 5.41) is 9.30. The number of nitrogens with two attached hydrogens (primary N) is 1. The van der Waals surface area contributed by atoms with Gasteiger partial charge >= 0.3 is 0 Å². The molecule has 0 spiro atoms. The minimum absolute atomic E-state index is 0.203. The van der Waals surface area contributed by atoms with Crippen LogP contribution in [0.25, 0.3) is 0 Å². The van der Waals surface area contributed by atoms with Gasteiger partial charge in [-0.05, 0) is 25.3 Å². The van der Waals surface area contributed by atoms with Crippen LogP contribution in [0.1, 0.15) is 19.3 Å². The van der Waals surface area contributed by atoms with E-state index < -0.39 is 0 Å². The fraction of sp³-hybridized carbons (Fsp3) is 0.545. The monoisotopic (exact) mass is 207 g/mol. The summed E-state index contributed by atoms with van der Waals surface area (Å²) >= 11 is 0. The molecule has 1 fully saturated rings. The molecule has 1 atom stereocenters. The summed E-state index contributed by atoms with van der Waals surface area (Å²) in [5.74, 6) is 0. The zero-order chi connectivity index (χ0) is 10.7. The van der Waals surface area contributed by atoms with E-state index in [0.29, 0.717) is 5.69 Å². The number of rotatable bonds is 2. The Bertz CT molecular complexity index is 329. The highest BCUT2D eigenvalue weighted by Crippen LogP contribution is 2.24. The highest BCUT2D eigenvalue weighted by molar-refractivity contribution is 5.54. The molecule has 1 aromatic rings. The van der Waals surface area contributed by atoms with Crippen LogP contribution >= 0.6 is 0 Å². The molecule has 1 aliphatic rings. The zero-order valence-corrected chi connectivity index (χ0v) is 8.76. The van der Waals surface area contributed by atoms with E-state index in [-0.39, 0.29) is 12.6 Å². The minimum Gasteiger partial charge on any atom is -0.397 e. The fourth-order valence-corrected chi connectivity index (χ4v) is 2.13. The smallest absolute Gasteiger partial charge is 0.0635 e. The predicted octanol–water partition coefficient (Wildman–Crippen LogP) is 1.02. The molecule has 0 amide bonds. The van der Waals surface area contributed by atoms with Gasteiger partial charge in [-0.15, -0.1) is 0 Å². The van der Waals surface area contributed by atoms with Gasteiger partial charge in [0, 0.05) is 12.7 Å². The van der Waals surface area contributed by atoms with Gasteiger partial charge in [0.15, 0.2) is 0 Å². The molecule has 4 nitrogen and oxygen atoms in total. The molecule has 15 heavy (non-hydrogen) atoms. The summed E-state index contributed by atoms with van der Waals surface area (Å²) in [5.41, 5.74) is 7.40. The van der Waals surface area contributed by atoms with Crippen molar-refractivity contribution in [2.45, 2.75) is 25.3 Å². The van der Waals surface area contributed by atoms with Gasteiger partial charge in [-0.3, -0.25) is 4.98 Å². The maximum Gasteiger partial charge on any atom is 0.0635 e. The van der Waals surface area contributed by atoms with Crippen LogP contribution in [0.15, 0.2) is 18.5 Å². The molecule has 1 saturated heterocycles. The molecular weight excluding hydrogens is 190 g/mol. The van der Waals surface area contributed by atoms with Gasteiger partial charge in [-0.2, -0.15) is 0 Å². The number of nitrogen functional groups attached to an aromatic ring is 1. The van der Waals surface area contributed by atoms with Crippen LogP contribution in [-0.2, 0) is 0 Å². The van der Waals surface area contributed by atoms with Gasteiger partial charge in [-0.1, -0.05) is 0 Å². The summed E-state index contributed by atoms with van der Waals surface area (Å²) in [7, 11) is 0. The van der Waals surface area contributed by atoms with Gasteiger partial charge in [-0.25, -0.2) is 0 Å². The Morgan fingerprint density at radius 2 is 2.33 bits per heavy atom. The van der Waals surface area contributed by atoms with Crippen molar-refractivity contribution in [2.75, 3.05) is 23.8 Å². The van der Waals surface area contributed by atoms with Gasteiger partial charge in [0.25, 0.3) is 0 Å². The standard InChI is InChI=1S/C11H17N3O/c12-9-5-11(7-13-6-9)14-4-2-1-3-10(14)8-15/h5-7,10,15H,1-4,8,12H2. The number of aliphatic hydroxyl groups excluding tert-OH is 1. The third kappa shape index (κ3) is 2.21. The quantitative estimate of drug-likeness (QED) is 0.760. The second kappa shape index (κ2) is 4.49. The summed E-state index contributed by atoms with van der Waals surface area (Å²) in [6.07, 6.45) is 6.86. The van der Waals surface area contributed by atoms with Crippen molar-refractivity contribution in [1.82, 2.24) is 4.98 Å². The first kappa shape index (κ1) is 10.2. The van der Waals surface area contributed by atoms with Crippen molar-refractivity contribution >= 4 is 11.4 Å². The lowest BCUT2D eigenvalue weighted by Gasteiger charge is -2.36. The lowest BCUT2D eigenvalue weighted by atomic mass is 10.0. The largest absolute Gasteiger partial charge is 0.397 e. The first-order valence-corrected chi connectivity index (χ1v) is 5.39. The molecule has 0 radical (unpaired) electrons. The number of aliphatic hydroxyl groups is 1. The number of piperidine rings is 1. The summed E-state index contributed by atoms with van der Waals surface area (Å²) in [6, 6.07) is 2.14. The van der Waals surface area contributed by atoms with Crippen LogP contribution in [-0.4, -0.2) is 29.3 Å². The second-order valence-electron chi connectivity index (χ2n) is 4.00. The molecule has 1 aromatic heterocycles. The van der Waals surface area contributed by atoms with Crippen LogP contribution in [0.2, 0.25) is 0 Å². The number of nitrogens with zero attached hydrogens (tertiary/aromatic N) is 2. The third-order valence-corrected chi connectivity index (χ3v) is 2.91. The number of aromatic nitrogens is 1. The topological polar surface area (TPSA) is 62.4 Å². The maximum atomic E-state index is 9.30. The van der Waals surface area contributed by atoms with Crippen LogP contribution in [0.4, 0.5) is 11.4 Å². The number of anilines is 2. The predicted molar refractivity (Wildman–Crippen MR) is 60.7 cm³/mol. The molecule has 0 saturated carbocycles. The van der Waals surface area contributed by atoms with Gasteiger partial charge < -0.3 is 15.7 Å². The Morgan fingerprint density at radius 3 is 3.07 bits per heavy atom. The van der Waals surface area contributed by atoms with E-state index in [1.807, 2.05) is 12.3 Å². The van der Waals surface area contributed by atoms with Crippen molar-refractivity contribution in [2.24, 2.45) is 0 Å². The molecule has 4 heteroatoms. The van der Waals surface area contributed by atoms with E-state index >= 15 is 0 Å². The minimum atomic E-state index is 0.203. The van der Waals surface area contributed by atoms with Crippen LogP contribution in [0.3, 0.4) is 0 Å². The van der Waals surface area contributed by atoms with Crippen LogP contribution in [0.5, 0.6) is 0 Å². The molecular formula is C11H17N3O. The Kier molecular flexibility index (Phi) is 3.06. The van der Waals surface area contributed by atoms with Gasteiger partial charge in [0.1, 0.15) is 0 Å². The summed E-state index contributed by atoms with van der Waals surface area (Å²) in [4.78, 5) is 6.28. The normalized spacial score (nSPS) is 21.7. The first-order chi connectivity index (χ1) is 7.31. The average Bonchev–Trinajstić information content (AvgIpc) is 2.29. The fourth-order valence-electron chi connectivity index (χ4n) is 2.13. The Labute approximate surface area is 89.7 Å². The molecule has 0 aromatic carbocycles. The van der Waals surface area contributed by atoms with E-state index in [1.165, 1.54) is 12.8 Å². The van der Waals surface area contributed by atoms with Gasteiger partial charge in [0.2, 0.25) is 0 Å². The van der Waals surface area contributed by atoms with Crippen molar-refractivity contribution < 1.29 is 5.11 Å². The second-order valence-corrected chi connectivity index (χ2v) is 4.00. The van der Waals surface area contributed by atoms with Crippen molar-refractivity contribution in [3.8, 4) is 0 Å².